The second kappa shape index (κ2) is 5.72. The van der Waals surface area contributed by atoms with Crippen LogP contribution in [0, 0.1) is 16.0 Å². The molecule has 2 heterocycles. The Balaban J connectivity index is 2.22. The van der Waals surface area contributed by atoms with Crippen LogP contribution in [0.25, 0.3) is 0 Å². The van der Waals surface area contributed by atoms with E-state index >= 15 is 0 Å². The Morgan fingerprint density at radius 3 is 3.00 bits per heavy atom. The molecule has 0 spiro atoms. The van der Waals surface area contributed by atoms with Gasteiger partial charge in [-0.25, -0.2) is 4.98 Å². The van der Waals surface area contributed by atoms with Crippen LogP contribution < -0.4 is 16.0 Å². The van der Waals surface area contributed by atoms with Crippen molar-refractivity contribution in [1.29, 1.82) is 0 Å². The van der Waals surface area contributed by atoms with Gasteiger partial charge in [-0.05, 0) is 12.8 Å². The van der Waals surface area contributed by atoms with Crippen LogP contribution >= 0.6 is 0 Å². The quantitative estimate of drug-likeness (QED) is 0.616. The van der Waals surface area contributed by atoms with Gasteiger partial charge in [0.1, 0.15) is 11.6 Å². The molecule has 1 unspecified atom stereocenters. The fourth-order valence-corrected chi connectivity index (χ4v) is 2.39. The minimum atomic E-state index is -0.498. The highest BCUT2D eigenvalue weighted by molar-refractivity contribution is 5.79. The molecule has 8 heteroatoms. The van der Waals surface area contributed by atoms with E-state index in [-0.39, 0.29) is 23.3 Å². The molecule has 3 N–H and O–H groups in total. The molecular weight excluding hydrogens is 262 g/mol. The molecule has 1 atom stereocenters. The van der Waals surface area contributed by atoms with Crippen molar-refractivity contribution in [1.82, 2.24) is 10.3 Å². The van der Waals surface area contributed by atoms with Crippen LogP contribution in [0.15, 0.2) is 12.1 Å². The number of hydrogen-bond donors (Lipinski definition) is 2. The van der Waals surface area contributed by atoms with Crippen LogP contribution in [0.4, 0.5) is 17.3 Å². The van der Waals surface area contributed by atoms with Crippen molar-refractivity contribution in [2.75, 3.05) is 30.8 Å². The van der Waals surface area contributed by atoms with Gasteiger partial charge in [0.25, 0.3) is 5.69 Å². The first-order valence-corrected chi connectivity index (χ1v) is 6.39. The second-order valence-corrected chi connectivity index (χ2v) is 4.76. The largest absolute Gasteiger partial charge is 0.383 e. The maximum Gasteiger partial charge on any atom is 0.276 e. The third-order valence-electron chi connectivity index (χ3n) is 3.39. The van der Waals surface area contributed by atoms with E-state index in [0.717, 1.165) is 12.8 Å². The summed E-state index contributed by atoms with van der Waals surface area (Å²) in [5.41, 5.74) is 5.51. The molecule has 0 aromatic carbocycles. The zero-order valence-electron chi connectivity index (χ0n) is 11.2. The molecule has 20 heavy (non-hydrogen) atoms. The van der Waals surface area contributed by atoms with Crippen LogP contribution in [0.5, 0.6) is 0 Å². The summed E-state index contributed by atoms with van der Waals surface area (Å²) in [6.07, 6.45) is 1.64. The van der Waals surface area contributed by atoms with Crippen LogP contribution in [0.1, 0.15) is 12.8 Å². The van der Waals surface area contributed by atoms with Gasteiger partial charge in [0.2, 0.25) is 5.91 Å². The zero-order valence-corrected chi connectivity index (χ0v) is 11.2. The highest BCUT2D eigenvalue weighted by Gasteiger charge is 2.26. The summed E-state index contributed by atoms with van der Waals surface area (Å²) in [5.74, 6) is 0.408. The normalized spacial score (nSPS) is 18.6. The Labute approximate surface area is 116 Å². The Morgan fingerprint density at radius 1 is 1.60 bits per heavy atom. The number of carbonyl (C=O) groups is 1. The molecule has 1 aliphatic heterocycles. The third-order valence-corrected chi connectivity index (χ3v) is 3.39. The van der Waals surface area contributed by atoms with E-state index in [0.29, 0.717) is 18.9 Å². The number of aromatic nitrogens is 1. The maximum absolute atomic E-state index is 11.7. The van der Waals surface area contributed by atoms with Crippen LogP contribution in [-0.2, 0) is 4.79 Å². The van der Waals surface area contributed by atoms with Gasteiger partial charge in [-0.1, -0.05) is 0 Å². The highest BCUT2D eigenvalue weighted by Crippen LogP contribution is 2.26. The lowest BCUT2D eigenvalue weighted by atomic mass is 9.97. The van der Waals surface area contributed by atoms with E-state index in [1.165, 1.54) is 12.1 Å². The van der Waals surface area contributed by atoms with E-state index in [2.05, 4.69) is 10.3 Å². The van der Waals surface area contributed by atoms with Gasteiger partial charge < -0.3 is 16.0 Å². The number of pyridine rings is 1. The second-order valence-electron chi connectivity index (χ2n) is 4.76. The van der Waals surface area contributed by atoms with Gasteiger partial charge in [-0.2, -0.15) is 0 Å². The first-order chi connectivity index (χ1) is 9.51. The minimum absolute atomic E-state index is 0.0203. The summed E-state index contributed by atoms with van der Waals surface area (Å²) in [6.45, 7) is 1.20. The summed E-state index contributed by atoms with van der Waals surface area (Å²) in [6, 6.07) is 2.62. The summed E-state index contributed by atoms with van der Waals surface area (Å²) >= 11 is 0. The minimum Gasteiger partial charge on any atom is -0.383 e. The van der Waals surface area contributed by atoms with E-state index in [1.807, 2.05) is 4.90 Å². The molecular formula is C12H17N5O3. The van der Waals surface area contributed by atoms with Gasteiger partial charge in [0.15, 0.2) is 0 Å². The molecule has 1 fully saturated rings. The first-order valence-electron chi connectivity index (χ1n) is 6.39. The molecule has 2 rings (SSSR count). The van der Waals surface area contributed by atoms with Crippen molar-refractivity contribution in [2.45, 2.75) is 12.8 Å². The molecule has 1 saturated heterocycles. The monoisotopic (exact) mass is 279 g/mol. The van der Waals surface area contributed by atoms with Crippen LogP contribution in [0.2, 0.25) is 0 Å². The zero-order chi connectivity index (χ0) is 14.7. The highest BCUT2D eigenvalue weighted by atomic mass is 16.6. The number of hydrogen-bond acceptors (Lipinski definition) is 6. The third kappa shape index (κ3) is 2.95. The number of nitrogens with zero attached hydrogens (tertiary/aromatic N) is 3. The number of carbonyl (C=O) groups excluding carboxylic acids is 1. The molecule has 1 amide bonds. The number of nitrogen functional groups attached to an aromatic ring is 1. The van der Waals surface area contributed by atoms with Gasteiger partial charge >= 0.3 is 0 Å². The number of nitrogens with two attached hydrogens (primary N) is 1. The SMILES string of the molecule is CNC(=O)C1CCCN(c2cc([N+](=O)[O-])cc(N)n2)C1. The molecule has 108 valence electrons. The fraction of sp³-hybridized carbons (Fsp3) is 0.500. The molecule has 0 aliphatic carbocycles. The lowest BCUT2D eigenvalue weighted by Crippen LogP contribution is -2.42. The summed E-state index contributed by atoms with van der Waals surface area (Å²) in [5, 5.41) is 13.5. The number of nitrogens with one attached hydrogen (secondary N) is 1. The van der Waals surface area contributed by atoms with Crippen molar-refractivity contribution >= 4 is 23.2 Å². The molecule has 8 nitrogen and oxygen atoms in total. The molecule has 0 radical (unpaired) electrons. The van der Waals surface area contributed by atoms with Crippen molar-refractivity contribution in [3.63, 3.8) is 0 Å². The van der Waals surface area contributed by atoms with E-state index in [4.69, 9.17) is 5.73 Å². The smallest absolute Gasteiger partial charge is 0.276 e. The Kier molecular flexibility index (Phi) is 4.02. The molecule has 0 saturated carbocycles. The Hall–Kier alpha value is -2.38. The number of nitro groups is 1. The van der Waals surface area contributed by atoms with E-state index in [9.17, 15) is 14.9 Å². The van der Waals surface area contributed by atoms with Gasteiger partial charge in [0.05, 0.1) is 23.0 Å². The van der Waals surface area contributed by atoms with Gasteiger partial charge in [0, 0.05) is 20.1 Å². The van der Waals surface area contributed by atoms with Crippen LogP contribution in [-0.4, -0.2) is 36.0 Å². The lowest BCUT2D eigenvalue weighted by molar-refractivity contribution is -0.384. The Morgan fingerprint density at radius 2 is 2.35 bits per heavy atom. The topological polar surface area (TPSA) is 114 Å². The average molecular weight is 279 g/mol. The number of rotatable bonds is 3. The molecule has 1 aromatic rings. The van der Waals surface area contributed by atoms with E-state index < -0.39 is 4.92 Å². The summed E-state index contributed by atoms with van der Waals surface area (Å²) in [4.78, 5) is 28.0. The van der Waals surface area contributed by atoms with Crippen LogP contribution in [0.3, 0.4) is 0 Å². The molecule has 1 aromatic heterocycles. The van der Waals surface area contributed by atoms with Crippen molar-refractivity contribution < 1.29 is 9.72 Å². The first kappa shape index (κ1) is 14.0. The standard InChI is InChI=1S/C12H17N5O3/c1-14-12(18)8-3-2-4-16(7-8)11-6-9(17(19)20)5-10(13)15-11/h5-6,8H,2-4,7H2,1H3,(H2,13,15)(H,14,18). The maximum atomic E-state index is 11.7. The van der Waals surface area contributed by atoms with Gasteiger partial charge in [-0.3, -0.25) is 14.9 Å². The average Bonchev–Trinajstić information content (AvgIpc) is 2.45. The number of amides is 1. The molecule has 0 bridgehead atoms. The predicted octanol–water partition coefficient (Wildman–Crippen LogP) is 0.534. The lowest BCUT2D eigenvalue weighted by Gasteiger charge is -2.32. The molecule has 1 aliphatic rings. The predicted molar refractivity (Wildman–Crippen MR) is 74.3 cm³/mol. The van der Waals surface area contributed by atoms with E-state index in [1.54, 1.807) is 7.05 Å². The number of anilines is 2. The van der Waals surface area contributed by atoms with Crippen molar-refractivity contribution in [3.8, 4) is 0 Å². The van der Waals surface area contributed by atoms with Crippen molar-refractivity contribution in [2.24, 2.45) is 5.92 Å². The van der Waals surface area contributed by atoms with Crippen molar-refractivity contribution in [3.05, 3.63) is 22.2 Å². The van der Waals surface area contributed by atoms with Gasteiger partial charge in [-0.15, -0.1) is 0 Å². The fourth-order valence-electron chi connectivity index (χ4n) is 2.39. The summed E-state index contributed by atoms with van der Waals surface area (Å²) in [7, 11) is 1.60. The number of piperidine rings is 1. The Bertz CT molecular complexity index is 534. The summed E-state index contributed by atoms with van der Waals surface area (Å²) < 4.78 is 0.